The van der Waals surface area contributed by atoms with Crippen molar-refractivity contribution in [2.24, 2.45) is 0 Å². The van der Waals surface area contributed by atoms with Crippen LogP contribution in [0.3, 0.4) is 0 Å². The zero-order valence-electron chi connectivity index (χ0n) is 15.2. The van der Waals surface area contributed by atoms with Gasteiger partial charge in [-0.15, -0.1) is 11.3 Å². The Morgan fingerprint density at radius 1 is 1.18 bits per heavy atom. The van der Waals surface area contributed by atoms with Crippen LogP contribution in [0.2, 0.25) is 0 Å². The van der Waals surface area contributed by atoms with Crippen molar-refractivity contribution in [3.8, 4) is 0 Å². The molecule has 148 valence electrons. The molecular formula is C17H19N5O4S2. The molecular weight excluding hydrogens is 402 g/mol. The highest BCUT2D eigenvalue weighted by molar-refractivity contribution is 7.91. The number of H-pyrrole nitrogens is 1. The Hall–Kier alpha value is -2.50. The van der Waals surface area contributed by atoms with E-state index in [2.05, 4.69) is 9.97 Å². The number of hydrogen-bond donors (Lipinski definition) is 1. The highest BCUT2D eigenvalue weighted by Crippen LogP contribution is 2.27. The van der Waals surface area contributed by atoms with Crippen LogP contribution in [-0.2, 0) is 10.0 Å². The third-order valence-corrected chi connectivity index (χ3v) is 8.09. The van der Waals surface area contributed by atoms with E-state index in [0.29, 0.717) is 53.8 Å². The van der Waals surface area contributed by atoms with Gasteiger partial charge in [-0.05, 0) is 31.5 Å². The lowest BCUT2D eigenvalue weighted by Crippen LogP contribution is -2.35. The van der Waals surface area contributed by atoms with Crippen molar-refractivity contribution in [1.82, 2.24) is 14.3 Å². The van der Waals surface area contributed by atoms with E-state index in [1.54, 1.807) is 12.1 Å². The van der Waals surface area contributed by atoms with Crippen molar-refractivity contribution >= 4 is 44.0 Å². The highest BCUT2D eigenvalue weighted by Gasteiger charge is 2.28. The summed E-state index contributed by atoms with van der Waals surface area (Å²) in [6, 6.07) is 7.97. The minimum atomic E-state index is -3.49. The molecule has 1 aromatic carbocycles. The zero-order valence-corrected chi connectivity index (χ0v) is 16.8. The molecule has 0 aliphatic carbocycles. The highest BCUT2D eigenvalue weighted by atomic mass is 32.2. The Kier molecular flexibility index (Phi) is 4.81. The minimum absolute atomic E-state index is 0.00192. The third kappa shape index (κ3) is 3.48. The van der Waals surface area contributed by atoms with E-state index in [1.807, 2.05) is 17.9 Å². The molecule has 1 N–H and O–H groups in total. The van der Waals surface area contributed by atoms with Crippen LogP contribution in [0.15, 0.2) is 34.5 Å². The Morgan fingerprint density at radius 2 is 2.00 bits per heavy atom. The molecule has 4 rings (SSSR count). The standard InChI is InChI=1S/C17H19N5O4S2/c1-12-3-6-16(27-12)28(25,26)21-8-2-7-20(9-10-21)17-18-14-5-4-13(22(23)24)11-15(14)19-17/h3-6,11H,2,7-10H2,1H3,(H,18,19). The molecule has 0 unspecified atom stereocenters. The SMILES string of the molecule is Cc1ccc(S(=O)(=O)N2CCCN(c3nc4ccc([N+](=O)[O-])cc4[nH]3)CC2)s1. The molecule has 11 heteroatoms. The van der Waals surface area contributed by atoms with E-state index in [1.165, 1.54) is 27.8 Å². The van der Waals surface area contributed by atoms with Crippen molar-refractivity contribution in [3.05, 3.63) is 45.3 Å². The van der Waals surface area contributed by atoms with Gasteiger partial charge in [-0.3, -0.25) is 10.1 Å². The first-order valence-electron chi connectivity index (χ1n) is 8.80. The zero-order chi connectivity index (χ0) is 19.9. The Bertz CT molecular complexity index is 1140. The number of fused-ring (bicyclic) bond motifs is 1. The topological polar surface area (TPSA) is 112 Å². The number of benzene rings is 1. The van der Waals surface area contributed by atoms with Gasteiger partial charge < -0.3 is 9.88 Å². The third-order valence-electron chi connectivity index (χ3n) is 4.73. The smallest absolute Gasteiger partial charge is 0.271 e. The molecule has 0 amide bonds. The lowest BCUT2D eigenvalue weighted by Gasteiger charge is -2.20. The van der Waals surface area contributed by atoms with Gasteiger partial charge in [0.25, 0.3) is 15.7 Å². The van der Waals surface area contributed by atoms with Crippen LogP contribution in [0.1, 0.15) is 11.3 Å². The summed E-state index contributed by atoms with van der Waals surface area (Å²) >= 11 is 1.28. The number of nitro groups is 1. The molecule has 3 heterocycles. The summed E-state index contributed by atoms with van der Waals surface area (Å²) in [7, 11) is -3.49. The van der Waals surface area contributed by atoms with Gasteiger partial charge in [0.2, 0.25) is 5.95 Å². The number of anilines is 1. The quantitative estimate of drug-likeness (QED) is 0.512. The number of nitro benzene ring substituents is 1. The van der Waals surface area contributed by atoms with Gasteiger partial charge >= 0.3 is 0 Å². The molecule has 0 radical (unpaired) electrons. The number of aryl methyl sites for hydroxylation is 1. The van der Waals surface area contributed by atoms with Gasteiger partial charge in [-0.1, -0.05) is 0 Å². The molecule has 0 saturated carbocycles. The van der Waals surface area contributed by atoms with Crippen molar-refractivity contribution < 1.29 is 13.3 Å². The molecule has 0 spiro atoms. The number of rotatable bonds is 4. The molecule has 9 nitrogen and oxygen atoms in total. The van der Waals surface area contributed by atoms with Crippen LogP contribution >= 0.6 is 11.3 Å². The fourth-order valence-corrected chi connectivity index (χ4v) is 6.18. The largest absolute Gasteiger partial charge is 0.341 e. The van der Waals surface area contributed by atoms with Gasteiger partial charge in [-0.2, -0.15) is 4.31 Å². The van der Waals surface area contributed by atoms with E-state index < -0.39 is 14.9 Å². The van der Waals surface area contributed by atoms with Gasteiger partial charge in [0.05, 0.1) is 16.0 Å². The van der Waals surface area contributed by atoms with Crippen LogP contribution in [0.25, 0.3) is 11.0 Å². The molecule has 2 aromatic heterocycles. The molecule has 3 aromatic rings. The molecule has 28 heavy (non-hydrogen) atoms. The average molecular weight is 422 g/mol. The average Bonchev–Trinajstić information content (AvgIpc) is 3.20. The number of sulfonamides is 1. The summed E-state index contributed by atoms with van der Waals surface area (Å²) in [5, 5.41) is 10.9. The minimum Gasteiger partial charge on any atom is -0.341 e. The van der Waals surface area contributed by atoms with Crippen molar-refractivity contribution in [2.75, 3.05) is 31.1 Å². The van der Waals surface area contributed by atoms with Crippen LogP contribution in [-0.4, -0.2) is 53.8 Å². The van der Waals surface area contributed by atoms with Gasteiger partial charge in [-0.25, -0.2) is 13.4 Å². The van der Waals surface area contributed by atoms with E-state index in [4.69, 9.17) is 0 Å². The van der Waals surface area contributed by atoms with Crippen molar-refractivity contribution in [1.29, 1.82) is 0 Å². The van der Waals surface area contributed by atoms with E-state index in [-0.39, 0.29) is 5.69 Å². The summed E-state index contributed by atoms with van der Waals surface area (Å²) in [6.07, 6.45) is 0.667. The summed E-state index contributed by atoms with van der Waals surface area (Å²) in [4.78, 5) is 21.1. The lowest BCUT2D eigenvalue weighted by molar-refractivity contribution is -0.384. The van der Waals surface area contributed by atoms with Crippen LogP contribution in [0.5, 0.6) is 0 Å². The lowest BCUT2D eigenvalue weighted by atomic mass is 10.3. The number of nitrogens with one attached hydrogen (secondary N) is 1. The molecule has 1 aliphatic rings. The molecule has 1 fully saturated rings. The number of aromatic amines is 1. The number of non-ortho nitro benzene ring substituents is 1. The molecule has 1 aliphatic heterocycles. The summed E-state index contributed by atoms with van der Waals surface area (Å²) in [5.41, 5.74) is 1.23. The van der Waals surface area contributed by atoms with E-state index >= 15 is 0 Å². The first-order valence-corrected chi connectivity index (χ1v) is 11.1. The number of thiophene rings is 1. The van der Waals surface area contributed by atoms with Gasteiger partial charge in [0.1, 0.15) is 4.21 Å². The second-order valence-electron chi connectivity index (χ2n) is 6.63. The Labute approximate surface area is 165 Å². The summed E-state index contributed by atoms with van der Waals surface area (Å²) < 4.78 is 27.6. The van der Waals surface area contributed by atoms with Crippen molar-refractivity contribution in [2.45, 2.75) is 17.6 Å². The molecule has 1 saturated heterocycles. The second-order valence-corrected chi connectivity index (χ2v) is 10.1. The monoisotopic (exact) mass is 421 g/mol. The van der Waals surface area contributed by atoms with Crippen molar-refractivity contribution in [3.63, 3.8) is 0 Å². The fraction of sp³-hybridized carbons (Fsp3) is 0.353. The summed E-state index contributed by atoms with van der Waals surface area (Å²) in [6.45, 7) is 3.83. The molecule has 0 atom stereocenters. The number of hydrogen-bond acceptors (Lipinski definition) is 7. The first kappa shape index (κ1) is 18.8. The van der Waals surface area contributed by atoms with Gasteiger partial charge in [0, 0.05) is 43.2 Å². The maximum atomic E-state index is 12.9. The number of imidazole rings is 1. The van der Waals surface area contributed by atoms with Crippen LogP contribution in [0, 0.1) is 17.0 Å². The number of aromatic nitrogens is 2. The van der Waals surface area contributed by atoms with E-state index in [0.717, 1.165) is 4.88 Å². The normalized spacial score (nSPS) is 16.4. The molecule has 0 bridgehead atoms. The summed E-state index contributed by atoms with van der Waals surface area (Å²) in [5.74, 6) is 0.599. The fourth-order valence-electron chi connectivity index (χ4n) is 3.27. The van der Waals surface area contributed by atoms with E-state index in [9.17, 15) is 18.5 Å². The van der Waals surface area contributed by atoms with Gasteiger partial charge in [0.15, 0.2) is 0 Å². The Morgan fingerprint density at radius 3 is 2.71 bits per heavy atom. The first-order chi connectivity index (χ1) is 13.3. The predicted octanol–water partition coefficient (Wildman–Crippen LogP) is 2.74. The van der Waals surface area contributed by atoms with Crippen LogP contribution < -0.4 is 4.90 Å². The second kappa shape index (κ2) is 7.15. The number of nitrogens with zero attached hydrogens (tertiary/aromatic N) is 4. The Balaban J connectivity index is 1.54. The maximum Gasteiger partial charge on any atom is 0.271 e. The predicted molar refractivity (Wildman–Crippen MR) is 107 cm³/mol. The van der Waals surface area contributed by atoms with Crippen LogP contribution in [0.4, 0.5) is 11.6 Å². The maximum absolute atomic E-state index is 12.9.